The van der Waals surface area contributed by atoms with Crippen LogP contribution >= 0.6 is 12.6 Å². The van der Waals surface area contributed by atoms with Crippen molar-refractivity contribution in [3.8, 4) is 0 Å². The Labute approximate surface area is 88.4 Å². The first-order valence-corrected chi connectivity index (χ1v) is 5.26. The summed E-state index contributed by atoms with van der Waals surface area (Å²) in [4.78, 5) is 11.0. The topological polar surface area (TPSA) is 37.3 Å². The molecule has 0 saturated heterocycles. The summed E-state index contributed by atoms with van der Waals surface area (Å²) in [5.74, 6) is -0.106. The fraction of sp³-hybridized carbons (Fsp3) is 0.364. The minimum atomic E-state index is -0.839. The number of rotatable bonds is 3. The first kappa shape index (κ1) is 9.59. The van der Waals surface area contributed by atoms with Crippen molar-refractivity contribution in [2.45, 2.75) is 18.3 Å². The maximum absolute atomic E-state index is 11.0. The fourth-order valence-electron chi connectivity index (χ4n) is 1.80. The molecule has 0 unspecified atom stereocenters. The molecule has 1 N–H and O–H groups in total. The van der Waals surface area contributed by atoms with Crippen LogP contribution in [0, 0.1) is 0 Å². The van der Waals surface area contributed by atoms with E-state index < -0.39 is 5.97 Å². The first-order valence-electron chi connectivity index (χ1n) is 4.63. The summed E-state index contributed by atoms with van der Waals surface area (Å²) in [5, 5.41) is 9.03. The van der Waals surface area contributed by atoms with Crippen LogP contribution in [-0.4, -0.2) is 16.8 Å². The molecule has 1 aliphatic rings. The number of benzene rings is 1. The van der Waals surface area contributed by atoms with Gasteiger partial charge in [0.1, 0.15) is 0 Å². The van der Waals surface area contributed by atoms with Crippen LogP contribution in [0.15, 0.2) is 24.3 Å². The van der Waals surface area contributed by atoms with Crippen molar-refractivity contribution in [2.75, 3.05) is 5.75 Å². The van der Waals surface area contributed by atoms with Crippen LogP contribution in [0.2, 0.25) is 0 Å². The van der Waals surface area contributed by atoms with Crippen molar-refractivity contribution in [1.29, 1.82) is 0 Å². The molecule has 0 aliphatic heterocycles. The molecule has 1 aromatic carbocycles. The van der Waals surface area contributed by atoms with Crippen LogP contribution in [0.3, 0.4) is 0 Å². The summed E-state index contributed by atoms with van der Waals surface area (Å²) in [7, 11) is 0. The van der Waals surface area contributed by atoms with E-state index in [2.05, 4.69) is 12.6 Å². The zero-order valence-corrected chi connectivity index (χ0v) is 8.63. The minimum absolute atomic E-state index is 0.0398. The van der Waals surface area contributed by atoms with Crippen LogP contribution in [0.5, 0.6) is 0 Å². The number of carbonyl (C=O) groups is 1. The number of aromatic carboxylic acids is 1. The quantitative estimate of drug-likeness (QED) is 0.748. The molecular formula is C11H12O2S. The van der Waals surface area contributed by atoms with E-state index in [1.54, 1.807) is 12.1 Å². The summed E-state index contributed by atoms with van der Waals surface area (Å²) < 4.78 is 0. The molecule has 1 saturated carbocycles. The summed E-state index contributed by atoms with van der Waals surface area (Å²) in [6.45, 7) is 0. The predicted molar refractivity (Wildman–Crippen MR) is 58.2 cm³/mol. The number of carboxylic acid groups (broad SMARTS) is 1. The molecule has 0 amide bonds. The Morgan fingerprint density at radius 2 is 2.07 bits per heavy atom. The average Bonchev–Trinajstić information content (AvgIpc) is 2.98. The van der Waals surface area contributed by atoms with Crippen LogP contribution < -0.4 is 0 Å². The Balaban J connectivity index is 2.47. The van der Waals surface area contributed by atoms with Crippen molar-refractivity contribution in [3.05, 3.63) is 35.4 Å². The summed E-state index contributed by atoms with van der Waals surface area (Å²) in [6.07, 6.45) is 2.11. The van der Waals surface area contributed by atoms with Gasteiger partial charge in [-0.05, 0) is 30.2 Å². The molecule has 74 valence electrons. The van der Waals surface area contributed by atoms with E-state index in [4.69, 9.17) is 5.11 Å². The molecule has 0 bridgehead atoms. The SMILES string of the molecule is O=C(O)c1ccccc1C1(CS)CC1. The lowest BCUT2D eigenvalue weighted by atomic mass is 9.93. The number of thiol groups is 1. The van der Waals surface area contributed by atoms with Gasteiger partial charge in [0, 0.05) is 5.41 Å². The lowest BCUT2D eigenvalue weighted by Gasteiger charge is -2.14. The highest BCUT2D eigenvalue weighted by molar-refractivity contribution is 7.80. The molecule has 0 radical (unpaired) electrons. The summed E-state index contributed by atoms with van der Waals surface area (Å²) in [6, 6.07) is 7.24. The molecule has 14 heavy (non-hydrogen) atoms. The predicted octanol–water partition coefficient (Wildman–Crippen LogP) is 2.35. The standard InChI is InChI=1S/C11H12O2S/c12-10(13)8-3-1-2-4-9(8)11(7-14)5-6-11/h1-4,14H,5-7H2,(H,12,13). The van der Waals surface area contributed by atoms with Gasteiger partial charge in [-0.25, -0.2) is 4.79 Å². The van der Waals surface area contributed by atoms with Crippen molar-refractivity contribution >= 4 is 18.6 Å². The van der Waals surface area contributed by atoms with Crippen molar-refractivity contribution in [3.63, 3.8) is 0 Å². The van der Waals surface area contributed by atoms with Gasteiger partial charge >= 0.3 is 5.97 Å². The van der Waals surface area contributed by atoms with E-state index in [1.165, 1.54) is 0 Å². The Bertz CT molecular complexity index is 369. The van der Waals surface area contributed by atoms with Gasteiger partial charge in [-0.15, -0.1) is 0 Å². The van der Waals surface area contributed by atoms with Gasteiger partial charge in [0.15, 0.2) is 0 Å². The van der Waals surface area contributed by atoms with E-state index in [-0.39, 0.29) is 5.41 Å². The van der Waals surface area contributed by atoms with Crippen LogP contribution in [0.25, 0.3) is 0 Å². The van der Waals surface area contributed by atoms with Crippen molar-refractivity contribution < 1.29 is 9.90 Å². The van der Waals surface area contributed by atoms with E-state index in [0.29, 0.717) is 5.56 Å². The Morgan fingerprint density at radius 3 is 2.57 bits per heavy atom. The summed E-state index contributed by atoms with van der Waals surface area (Å²) >= 11 is 4.30. The van der Waals surface area contributed by atoms with Crippen LogP contribution in [-0.2, 0) is 5.41 Å². The largest absolute Gasteiger partial charge is 0.478 e. The smallest absolute Gasteiger partial charge is 0.335 e. The molecule has 1 aliphatic carbocycles. The summed E-state index contributed by atoms with van der Waals surface area (Å²) in [5.41, 5.74) is 1.42. The number of hydrogen-bond acceptors (Lipinski definition) is 2. The lowest BCUT2D eigenvalue weighted by molar-refractivity contribution is 0.0695. The van der Waals surface area contributed by atoms with E-state index in [1.807, 2.05) is 12.1 Å². The van der Waals surface area contributed by atoms with Gasteiger partial charge in [-0.2, -0.15) is 12.6 Å². The van der Waals surface area contributed by atoms with Gasteiger partial charge in [0.25, 0.3) is 0 Å². The van der Waals surface area contributed by atoms with E-state index >= 15 is 0 Å². The van der Waals surface area contributed by atoms with Crippen molar-refractivity contribution in [2.24, 2.45) is 0 Å². The van der Waals surface area contributed by atoms with Gasteiger partial charge in [0.2, 0.25) is 0 Å². The Morgan fingerprint density at radius 1 is 1.43 bits per heavy atom. The molecule has 3 heteroatoms. The zero-order valence-electron chi connectivity index (χ0n) is 7.73. The van der Waals surface area contributed by atoms with Gasteiger partial charge in [-0.1, -0.05) is 18.2 Å². The number of carboxylic acids is 1. The van der Waals surface area contributed by atoms with Crippen LogP contribution in [0.4, 0.5) is 0 Å². The lowest BCUT2D eigenvalue weighted by Crippen LogP contribution is -2.14. The maximum Gasteiger partial charge on any atom is 0.335 e. The third kappa shape index (κ3) is 1.42. The third-order valence-corrected chi connectivity index (χ3v) is 3.49. The fourth-order valence-corrected chi connectivity index (χ4v) is 2.28. The number of hydrogen-bond donors (Lipinski definition) is 2. The minimum Gasteiger partial charge on any atom is -0.478 e. The molecule has 0 spiro atoms. The molecule has 0 aromatic heterocycles. The normalized spacial score (nSPS) is 17.8. The Hall–Kier alpha value is -0.960. The highest BCUT2D eigenvalue weighted by atomic mass is 32.1. The van der Waals surface area contributed by atoms with Gasteiger partial charge in [-0.3, -0.25) is 0 Å². The van der Waals surface area contributed by atoms with Crippen molar-refractivity contribution in [1.82, 2.24) is 0 Å². The molecule has 0 heterocycles. The zero-order chi connectivity index (χ0) is 10.2. The van der Waals surface area contributed by atoms with E-state index in [9.17, 15) is 4.79 Å². The molecular weight excluding hydrogens is 196 g/mol. The van der Waals surface area contributed by atoms with E-state index in [0.717, 1.165) is 24.2 Å². The molecule has 2 rings (SSSR count). The Kier molecular flexibility index (Phi) is 2.27. The molecule has 1 fully saturated rings. The monoisotopic (exact) mass is 208 g/mol. The average molecular weight is 208 g/mol. The second kappa shape index (κ2) is 3.31. The van der Waals surface area contributed by atoms with Crippen LogP contribution in [0.1, 0.15) is 28.8 Å². The van der Waals surface area contributed by atoms with Gasteiger partial charge < -0.3 is 5.11 Å². The highest BCUT2D eigenvalue weighted by Gasteiger charge is 2.44. The second-order valence-corrected chi connectivity index (χ2v) is 4.11. The molecule has 2 nitrogen and oxygen atoms in total. The molecule has 1 aromatic rings. The highest BCUT2D eigenvalue weighted by Crippen LogP contribution is 2.49. The van der Waals surface area contributed by atoms with Gasteiger partial charge in [0.05, 0.1) is 5.56 Å². The third-order valence-electron chi connectivity index (χ3n) is 2.89. The second-order valence-electron chi connectivity index (χ2n) is 3.79. The maximum atomic E-state index is 11.0. The molecule has 0 atom stereocenters. The first-order chi connectivity index (χ1) is 6.69.